The van der Waals surface area contributed by atoms with Crippen LogP contribution < -0.4 is 10.6 Å². The lowest BCUT2D eigenvalue weighted by molar-refractivity contribution is -0.269. The lowest BCUT2D eigenvalue weighted by Gasteiger charge is -2.44. The molecule has 0 amide bonds. The lowest BCUT2D eigenvalue weighted by atomic mass is 9.96. The molecule has 1 rings (SSSR count). The van der Waals surface area contributed by atoms with Crippen molar-refractivity contribution in [2.75, 3.05) is 13.2 Å². The summed E-state index contributed by atoms with van der Waals surface area (Å²) in [5.41, 5.74) is 0. The number of carbonyl (C=O) groups excluding carboxylic acids is 4. The molecule has 0 aromatic carbocycles. The molecule has 1 fully saturated rings. The number of hydrogen-bond donors (Lipinski definition) is 2. The van der Waals surface area contributed by atoms with Crippen LogP contribution in [0, 0.1) is 12.3 Å². The minimum Gasteiger partial charge on any atom is -0.463 e. The van der Waals surface area contributed by atoms with Gasteiger partial charge >= 0.3 is 23.9 Å². The van der Waals surface area contributed by atoms with Gasteiger partial charge < -0.3 is 34.3 Å². The third-order valence-electron chi connectivity index (χ3n) is 3.63. The molecule has 0 spiro atoms. The van der Waals surface area contributed by atoms with Crippen LogP contribution in [-0.2, 0) is 42.9 Å². The molecule has 1 aliphatic heterocycles. The van der Waals surface area contributed by atoms with Gasteiger partial charge in [0.15, 0.2) is 17.3 Å². The Morgan fingerprint density at radius 1 is 0.967 bits per heavy atom. The Morgan fingerprint density at radius 2 is 1.53 bits per heavy atom. The number of carbonyl (C=O) groups is 4. The third-order valence-corrected chi connectivity index (χ3v) is 3.89. The summed E-state index contributed by atoms with van der Waals surface area (Å²) in [7, 11) is 0. The quantitative estimate of drug-likeness (QED) is 0.219. The van der Waals surface area contributed by atoms with Crippen LogP contribution in [-0.4, -0.2) is 72.8 Å². The molecule has 0 aliphatic carbocycles. The highest BCUT2D eigenvalue weighted by molar-refractivity contribution is 7.80. The van der Waals surface area contributed by atoms with Gasteiger partial charge in [0.2, 0.25) is 6.29 Å². The average molecular weight is 444 g/mol. The van der Waals surface area contributed by atoms with E-state index in [1.54, 1.807) is 0 Å². The molecule has 2 N–H and O–H groups in total. The van der Waals surface area contributed by atoms with E-state index in [9.17, 15) is 19.2 Å². The zero-order valence-electron chi connectivity index (χ0n) is 17.0. The molecule has 1 aliphatic rings. The number of thiocarbonyl (C=S) groups is 1. The molecule has 0 unspecified atom stereocenters. The zero-order chi connectivity index (χ0) is 22.8. The van der Waals surface area contributed by atoms with Gasteiger partial charge in [0, 0.05) is 27.7 Å². The molecule has 0 aromatic rings. The van der Waals surface area contributed by atoms with Crippen molar-refractivity contribution in [2.45, 2.75) is 58.3 Å². The topological polar surface area (TPSA) is 138 Å². The first-order chi connectivity index (χ1) is 14.0. The summed E-state index contributed by atoms with van der Waals surface area (Å²) in [4.78, 5) is 46.2. The van der Waals surface area contributed by atoms with Crippen LogP contribution in [0.15, 0.2) is 0 Å². The predicted molar refractivity (Wildman–Crippen MR) is 105 cm³/mol. The Labute approximate surface area is 179 Å². The molecule has 1 heterocycles. The van der Waals surface area contributed by atoms with Crippen molar-refractivity contribution < 1.29 is 42.9 Å². The van der Waals surface area contributed by atoms with E-state index in [-0.39, 0.29) is 18.3 Å². The molecule has 5 atom stereocenters. The number of terminal acetylenes is 1. The summed E-state index contributed by atoms with van der Waals surface area (Å²) in [6, 6.07) is -1.08. The fraction of sp³-hybridized carbons (Fsp3) is 0.611. The van der Waals surface area contributed by atoms with Crippen molar-refractivity contribution >= 4 is 41.2 Å². The Morgan fingerprint density at radius 3 is 2.03 bits per heavy atom. The fourth-order valence-corrected chi connectivity index (χ4v) is 2.86. The largest absolute Gasteiger partial charge is 0.463 e. The number of rotatable bonds is 7. The normalized spacial score (nSPS) is 25.1. The van der Waals surface area contributed by atoms with Crippen molar-refractivity contribution in [3.63, 3.8) is 0 Å². The monoisotopic (exact) mass is 444 g/mol. The van der Waals surface area contributed by atoms with Gasteiger partial charge in [-0.15, -0.1) is 6.42 Å². The number of nitrogens with one attached hydrogen (secondary N) is 2. The van der Waals surface area contributed by atoms with E-state index in [0.29, 0.717) is 0 Å². The summed E-state index contributed by atoms with van der Waals surface area (Å²) in [5, 5.41) is 5.56. The van der Waals surface area contributed by atoms with E-state index in [0.717, 1.165) is 20.8 Å². The van der Waals surface area contributed by atoms with E-state index in [1.165, 1.54) is 6.92 Å². The molecule has 166 valence electrons. The van der Waals surface area contributed by atoms with Crippen LogP contribution in [0.1, 0.15) is 27.7 Å². The van der Waals surface area contributed by atoms with E-state index in [4.69, 9.17) is 42.3 Å². The highest BCUT2D eigenvalue weighted by Gasteiger charge is 2.52. The summed E-state index contributed by atoms with van der Waals surface area (Å²) >= 11 is 5.14. The molecule has 0 radical (unpaired) electrons. The van der Waals surface area contributed by atoms with Crippen LogP contribution in [0.3, 0.4) is 0 Å². The van der Waals surface area contributed by atoms with Crippen LogP contribution in [0.4, 0.5) is 0 Å². The van der Waals surface area contributed by atoms with E-state index < -0.39 is 54.5 Å². The highest BCUT2D eigenvalue weighted by atomic mass is 32.1. The summed E-state index contributed by atoms with van der Waals surface area (Å²) in [6.45, 7) is 4.36. The molecule has 30 heavy (non-hydrogen) atoms. The molecule has 12 heteroatoms. The molecule has 1 saturated heterocycles. The maximum absolute atomic E-state index is 11.7. The smallest absolute Gasteiger partial charge is 0.305 e. The number of esters is 4. The standard InChI is InChI=1S/C18H24N2O9S/c1-6-7-19-18(30)20-14-16(27-11(4)23)15(26-10(3)22)13(8-25-9(2)21)29-17(14)28-12(5)24/h1,13-17H,7-8H2,2-5H3,(H2,19,20,30)/t13-,14-,15+,16-,17-/m1/s1. The van der Waals surface area contributed by atoms with Gasteiger partial charge in [-0.1, -0.05) is 5.92 Å². The minimum absolute atomic E-state index is 0.0517. The molecule has 0 saturated carbocycles. The summed E-state index contributed by atoms with van der Waals surface area (Å²) in [6.07, 6.45) is 0.342. The zero-order valence-corrected chi connectivity index (χ0v) is 17.8. The first kappa shape index (κ1) is 25.1. The van der Waals surface area contributed by atoms with Gasteiger partial charge in [0.25, 0.3) is 0 Å². The van der Waals surface area contributed by atoms with Crippen LogP contribution in [0.2, 0.25) is 0 Å². The highest BCUT2D eigenvalue weighted by Crippen LogP contribution is 2.28. The van der Waals surface area contributed by atoms with E-state index in [2.05, 4.69) is 16.6 Å². The van der Waals surface area contributed by atoms with Gasteiger partial charge in [-0.2, -0.15) is 0 Å². The second-order valence-corrected chi connectivity index (χ2v) is 6.57. The Bertz CT molecular complexity index is 721. The Hall–Kier alpha value is -2.91. The lowest BCUT2D eigenvalue weighted by Crippen LogP contribution is -2.67. The van der Waals surface area contributed by atoms with Crippen molar-refractivity contribution in [3.8, 4) is 12.3 Å². The average Bonchev–Trinajstić information content (AvgIpc) is 2.62. The Balaban J connectivity index is 3.30. The van der Waals surface area contributed by atoms with Gasteiger partial charge in [-0.05, 0) is 12.2 Å². The third kappa shape index (κ3) is 8.22. The molecule has 0 aromatic heterocycles. The van der Waals surface area contributed by atoms with Crippen molar-refractivity contribution in [1.29, 1.82) is 0 Å². The van der Waals surface area contributed by atoms with Crippen molar-refractivity contribution in [1.82, 2.24) is 10.6 Å². The minimum atomic E-state index is -1.33. The second kappa shape index (κ2) is 11.9. The fourth-order valence-electron chi connectivity index (χ4n) is 2.65. The molecule has 11 nitrogen and oxygen atoms in total. The van der Waals surface area contributed by atoms with E-state index >= 15 is 0 Å². The van der Waals surface area contributed by atoms with Crippen LogP contribution in [0.25, 0.3) is 0 Å². The number of hydrogen-bond acceptors (Lipinski definition) is 10. The Kier molecular flexibility index (Phi) is 10.00. The SMILES string of the molecule is C#CCNC(=S)N[C@H]1[C@H](OC(C)=O)O[C@H](COC(C)=O)[C@H](OC(C)=O)[C@@H]1OC(C)=O. The summed E-state index contributed by atoms with van der Waals surface area (Å²) in [5.74, 6) is -0.395. The summed E-state index contributed by atoms with van der Waals surface area (Å²) < 4.78 is 26.5. The van der Waals surface area contributed by atoms with Gasteiger partial charge in [-0.3, -0.25) is 19.2 Å². The first-order valence-electron chi connectivity index (χ1n) is 8.83. The maximum Gasteiger partial charge on any atom is 0.305 e. The van der Waals surface area contributed by atoms with Crippen molar-refractivity contribution in [2.24, 2.45) is 0 Å². The molecular formula is C18H24N2O9S. The van der Waals surface area contributed by atoms with Gasteiger partial charge in [0.1, 0.15) is 18.8 Å². The van der Waals surface area contributed by atoms with Gasteiger partial charge in [0.05, 0.1) is 6.54 Å². The predicted octanol–water partition coefficient (Wildman–Crippen LogP) is -0.833. The van der Waals surface area contributed by atoms with Crippen LogP contribution >= 0.6 is 12.2 Å². The van der Waals surface area contributed by atoms with Crippen molar-refractivity contribution in [3.05, 3.63) is 0 Å². The van der Waals surface area contributed by atoms with Crippen LogP contribution in [0.5, 0.6) is 0 Å². The maximum atomic E-state index is 11.7. The van der Waals surface area contributed by atoms with E-state index in [1.807, 2.05) is 0 Å². The molecular weight excluding hydrogens is 420 g/mol. The molecule has 0 bridgehead atoms. The first-order valence-corrected chi connectivity index (χ1v) is 9.24. The van der Waals surface area contributed by atoms with Gasteiger partial charge in [-0.25, -0.2) is 0 Å². The number of ether oxygens (including phenoxy) is 5. The second-order valence-electron chi connectivity index (χ2n) is 6.16.